The molecule has 0 aliphatic carbocycles. The molecule has 0 aromatic carbocycles. The molecular weight excluding hydrogens is 176 g/mol. The average molecular weight is 188 g/mol. The van der Waals surface area contributed by atoms with Crippen LogP contribution < -0.4 is 5.73 Å². The van der Waals surface area contributed by atoms with Crippen LogP contribution in [0.25, 0.3) is 0 Å². The van der Waals surface area contributed by atoms with Gasteiger partial charge in [-0.1, -0.05) is 18.7 Å². The van der Waals surface area contributed by atoms with E-state index in [0.29, 0.717) is 5.25 Å². The zero-order valence-corrected chi connectivity index (χ0v) is 8.12. The van der Waals surface area contributed by atoms with E-state index in [1.165, 1.54) is 0 Å². The molecular formula is C7H12N2S2. The van der Waals surface area contributed by atoms with Gasteiger partial charge in [0, 0.05) is 23.4 Å². The van der Waals surface area contributed by atoms with Crippen molar-refractivity contribution < 1.29 is 0 Å². The summed E-state index contributed by atoms with van der Waals surface area (Å²) < 4.78 is 1.13. The summed E-state index contributed by atoms with van der Waals surface area (Å²) in [4.78, 5) is 4.18. The van der Waals surface area contributed by atoms with E-state index >= 15 is 0 Å². The summed E-state index contributed by atoms with van der Waals surface area (Å²) in [5.74, 6) is 0. The van der Waals surface area contributed by atoms with Gasteiger partial charge in [-0.3, -0.25) is 0 Å². The first-order valence-electron chi connectivity index (χ1n) is 3.63. The Morgan fingerprint density at radius 1 is 1.82 bits per heavy atom. The second-order valence-corrected chi connectivity index (χ2v) is 4.62. The minimum Gasteiger partial charge on any atom is -0.329 e. The number of hydrogen-bond acceptors (Lipinski definition) is 4. The van der Waals surface area contributed by atoms with Gasteiger partial charge >= 0.3 is 0 Å². The number of thiazole rings is 1. The summed E-state index contributed by atoms with van der Waals surface area (Å²) in [5, 5.41) is 2.52. The molecule has 1 rings (SSSR count). The van der Waals surface area contributed by atoms with E-state index < -0.39 is 0 Å². The van der Waals surface area contributed by atoms with Crippen molar-refractivity contribution in [2.75, 3.05) is 6.54 Å². The molecule has 1 atom stereocenters. The van der Waals surface area contributed by atoms with E-state index in [0.717, 1.165) is 17.3 Å². The molecule has 1 aromatic rings. The molecule has 1 aromatic heterocycles. The minimum atomic E-state index is 0.529. The molecule has 0 aliphatic heterocycles. The monoisotopic (exact) mass is 188 g/mol. The first-order chi connectivity index (χ1) is 5.36. The van der Waals surface area contributed by atoms with Gasteiger partial charge in [0.05, 0.1) is 0 Å². The summed E-state index contributed by atoms with van der Waals surface area (Å²) in [6.45, 7) is 2.89. The number of hydrogen-bond donors (Lipinski definition) is 1. The van der Waals surface area contributed by atoms with Crippen molar-refractivity contribution >= 4 is 23.1 Å². The molecule has 11 heavy (non-hydrogen) atoms. The Morgan fingerprint density at radius 3 is 3.09 bits per heavy atom. The number of aromatic nitrogens is 1. The topological polar surface area (TPSA) is 38.9 Å². The molecule has 62 valence electrons. The van der Waals surface area contributed by atoms with Crippen LogP contribution in [0, 0.1) is 0 Å². The van der Waals surface area contributed by atoms with E-state index in [1.807, 2.05) is 11.6 Å². The van der Waals surface area contributed by atoms with Crippen LogP contribution in [0.4, 0.5) is 0 Å². The van der Waals surface area contributed by atoms with Crippen molar-refractivity contribution in [1.82, 2.24) is 4.98 Å². The molecule has 4 heteroatoms. The average Bonchev–Trinajstić information content (AvgIpc) is 2.52. The van der Waals surface area contributed by atoms with E-state index in [2.05, 4.69) is 11.9 Å². The van der Waals surface area contributed by atoms with Crippen molar-refractivity contribution in [2.24, 2.45) is 5.73 Å². The maximum absolute atomic E-state index is 5.56. The lowest BCUT2D eigenvalue weighted by atomic mass is 10.3. The summed E-state index contributed by atoms with van der Waals surface area (Å²) >= 11 is 3.46. The van der Waals surface area contributed by atoms with Crippen molar-refractivity contribution in [1.29, 1.82) is 0 Å². The summed E-state index contributed by atoms with van der Waals surface area (Å²) in [6, 6.07) is 0. The van der Waals surface area contributed by atoms with Gasteiger partial charge in [-0.05, 0) is 6.42 Å². The Balaban J connectivity index is 2.41. The summed E-state index contributed by atoms with van der Waals surface area (Å²) in [6.07, 6.45) is 2.94. The first-order valence-corrected chi connectivity index (χ1v) is 5.39. The maximum atomic E-state index is 5.56. The number of nitrogens with zero attached hydrogens (tertiary/aromatic N) is 1. The zero-order chi connectivity index (χ0) is 8.10. The molecule has 0 amide bonds. The van der Waals surface area contributed by atoms with Crippen LogP contribution in [0.15, 0.2) is 15.9 Å². The van der Waals surface area contributed by atoms with Crippen molar-refractivity contribution in [3.05, 3.63) is 11.6 Å². The Hall–Kier alpha value is -0.0600. The van der Waals surface area contributed by atoms with E-state index in [1.54, 1.807) is 23.1 Å². The van der Waals surface area contributed by atoms with E-state index in [-0.39, 0.29) is 0 Å². The minimum absolute atomic E-state index is 0.529. The summed E-state index contributed by atoms with van der Waals surface area (Å²) in [7, 11) is 0. The molecule has 0 spiro atoms. The smallest absolute Gasteiger partial charge is 0.150 e. The second kappa shape index (κ2) is 4.74. The first kappa shape index (κ1) is 9.03. The molecule has 2 nitrogen and oxygen atoms in total. The van der Waals surface area contributed by atoms with Gasteiger partial charge in [-0.25, -0.2) is 4.98 Å². The Labute approximate surface area is 75.2 Å². The third kappa shape index (κ3) is 2.81. The van der Waals surface area contributed by atoms with E-state index in [9.17, 15) is 0 Å². The third-order valence-corrected chi connectivity index (χ3v) is 3.70. The largest absolute Gasteiger partial charge is 0.329 e. The Bertz CT molecular complexity index is 182. The van der Waals surface area contributed by atoms with Crippen LogP contribution in [0.1, 0.15) is 13.3 Å². The normalized spacial score (nSPS) is 13.3. The van der Waals surface area contributed by atoms with Crippen LogP contribution >= 0.6 is 23.1 Å². The second-order valence-electron chi connectivity index (χ2n) is 2.18. The number of nitrogens with two attached hydrogens (primary N) is 1. The van der Waals surface area contributed by atoms with Gasteiger partial charge in [0.25, 0.3) is 0 Å². The highest BCUT2D eigenvalue weighted by molar-refractivity contribution is 8.01. The molecule has 0 aliphatic rings. The fourth-order valence-corrected chi connectivity index (χ4v) is 2.54. The third-order valence-electron chi connectivity index (χ3n) is 1.40. The van der Waals surface area contributed by atoms with Crippen molar-refractivity contribution in [3.8, 4) is 0 Å². The van der Waals surface area contributed by atoms with Crippen LogP contribution in [0.3, 0.4) is 0 Å². The van der Waals surface area contributed by atoms with Crippen LogP contribution in [-0.2, 0) is 0 Å². The maximum Gasteiger partial charge on any atom is 0.150 e. The lowest BCUT2D eigenvalue weighted by Gasteiger charge is -2.07. The predicted octanol–water partition coefficient (Wildman–Crippen LogP) is 1.97. The SMILES string of the molecule is CCC(CN)Sc1nccs1. The van der Waals surface area contributed by atoms with Gasteiger partial charge in [0.2, 0.25) is 0 Å². The highest BCUT2D eigenvalue weighted by Gasteiger charge is 2.06. The molecule has 0 radical (unpaired) electrons. The molecule has 0 bridgehead atoms. The number of thioether (sulfide) groups is 1. The lowest BCUT2D eigenvalue weighted by Crippen LogP contribution is -2.15. The fourth-order valence-electron chi connectivity index (χ4n) is 0.709. The highest BCUT2D eigenvalue weighted by Crippen LogP contribution is 2.25. The Kier molecular flexibility index (Phi) is 3.90. The quantitative estimate of drug-likeness (QED) is 0.734. The molecule has 1 heterocycles. The van der Waals surface area contributed by atoms with Gasteiger partial charge in [-0.2, -0.15) is 0 Å². The van der Waals surface area contributed by atoms with Crippen molar-refractivity contribution in [2.45, 2.75) is 22.9 Å². The van der Waals surface area contributed by atoms with Crippen LogP contribution in [0.5, 0.6) is 0 Å². The van der Waals surface area contributed by atoms with Crippen LogP contribution in [0.2, 0.25) is 0 Å². The number of rotatable bonds is 4. The standard InChI is InChI=1S/C7H12N2S2/c1-2-6(5-8)11-7-9-3-4-10-7/h3-4,6H,2,5,8H2,1H3. The zero-order valence-electron chi connectivity index (χ0n) is 6.49. The predicted molar refractivity (Wildman–Crippen MR) is 51.1 cm³/mol. The molecule has 1 unspecified atom stereocenters. The fraction of sp³-hybridized carbons (Fsp3) is 0.571. The lowest BCUT2D eigenvalue weighted by molar-refractivity contribution is 0.826. The molecule has 0 saturated heterocycles. The van der Waals surface area contributed by atoms with Gasteiger partial charge < -0.3 is 5.73 Å². The highest BCUT2D eigenvalue weighted by atomic mass is 32.2. The molecule has 0 saturated carbocycles. The molecule has 0 fully saturated rings. The van der Waals surface area contributed by atoms with Gasteiger partial charge in [-0.15, -0.1) is 11.3 Å². The van der Waals surface area contributed by atoms with Crippen molar-refractivity contribution in [3.63, 3.8) is 0 Å². The van der Waals surface area contributed by atoms with Gasteiger partial charge in [0.15, 0.2) is 0 Å². The van der Waals surface area contributed by atoms with E-state index in [4.69, 9.17) is 5.73 Å². The Morgan fingerprint density at radius 2 is 2.64 bits per heavy atom. The van der Waals surface area contributed by atoms with Gasteiger partial charge in [0.1, 0.15) is 4.34 Å². The summed E-state index contributed by atoms with van der Waals surface area (Å²) in [5.41, 5.74) is 5.56. The van der Waals surface area contributed by atoms with Crippen LogP contribution in [-0.4, -0.2) is 16.8 Å². The molecule has 2 N–H and O–H groups in total.